The molecule has 0 unspecified atom stereocenters. The van der Waals surface area contributed by atoms with E-state index in [2.05, 4.69) is 5.32 Å². The quantitative estimate of drug-likeness (QED) is 0.668. The van der Waals surface area contributed by atoms with Gasteiger partial charge in [0.15, 0.2) is 6.10 Å². The molecular formula is C11H20N2O4. The fourth-order valence-electron chi connectivity index (χ4n) is 2.02. The van der Waals surface area contributed by atoms with Gasteiger partial charge in [0.1, 0.15) is 0 Å². The van der Waals surface area contributed by atoms with Crippen LogP contribution in [0, 0.1) is 0 Å². The maximum Gasteiger partial charge on any atom is 0.332 e. The summed E-state index contributed by atoms with van der Waals surface area (Å²) in [4.78, 5) is 23.9. The van der Waals surface area contributed by atoms with Crippen molar-refractivity contribution in [3.63, 3.8) is 0 Å². The number of carboxylic acid groups (broad SMARTS) is 1. The highest BCUT2D eigenvalue weighted by Crippen LogP contribution is 2.27. The van der Waals surface area contributed by atoms with Gasteiger partial charge in [-0.15, -0.1) is 0 Å². The number of rotatable bonds is 4. The molecule has 0 saturated carbocycles. The normalized spacial score (nSPS) is 20.1. The third kappa shape index (κ3) is 3.59. The first-order valence-electron chi connectivity index (χ1n) is 5.81. The molecule has 1 aliphatic heterocycles. The largest absolute Gasteiger partial charge is 0.479 e. The van der Waals surface area contributed by atoms with E-state index in [1.165, 1.54) is 0 Å². The Hall–Kier alpha value is -1.30. The summed E-state index contributed by atoms with van der Waals surface area (Å²) in [6.45, 7) is 4.90. The highest BCUT2D eigenvalue weighted by molar-refractivity contribution is 5.75. The van der Waals surface area contributed by atoms with E-state index in [1.54, 1.807) is 4.90 Å². The average molecular weight is 244 g/mol. The summed E-state index contributed by atoms with van der Waals surface area (Å²) < 4.78 is 0. The minimum Gasteiger partial charge on any atom is -0.479 e. The van der Waals surface area contributed by atoms with Crippen LogP contribution in [0.15, 0.2) is 0 Å². The molecule has 1 saturated heterocycles. The van der Waals surface area contributed by atoms with Crippen LogP contribution in [-0.4, -0.2) is 51.8 Å². The molecule has 1 fully saturated rings. The van der Waals surface area contributed by atoms with Crippen molar-refractivity contribution in [3.8, 4) is 0 Å². The molecule has 0 aliphatic carbocycles. The lowest BCUT2D eigenvalue weighted by atomic mass is 10.0. The molecule has 0 aromatic carbocycles. The molecule has 0 aromatic heterocycles. The van der Waals surface area contributed by atoms with Gasteiger partial charge in [-0.05, 0) is 26.7 Å². The van der Waals surface area contributed by atoms with Crippen molar-refractivity contribution in [2.75, 3.05) is 13.1 Å². The molecular weight excluding hydrogens is 224 g/mol. The number of urea groups is 1. The molecule has 6 nitrogen and oxygen atoms in total. The second-order valence-electron chi connectivity index (χ2n) is 4.94. The molecule has 2 amide bonds. The lowest BCUT2D eigenvalue weighted by Crippen LogP contribution is -2.48. The second-order valence-corrected chi connectivity index (χ2v) is 4.94. The number of aliphatic hydroxyl groups is 1. The molecule has 17 heavy (non-hydrogen) atoms. The molecule has 1 rings (SSSR count). The standard InChI is InChI=1S/C11H20N2O4/c1-11(2)5-3-7-13(11)10(17)12-6-4-8(14)9(15)16/h8,14H,3-7H2,1-2H3,(H,12,17)(H,15,16)/t8-/m0/s1. The molecule has 0 spiro atoms. The van der Waals surface area contributed by atoms with Crippen LogP contribution in [0.1, 0.15) is 33.1 Å². The molecule has 1 atom stereocenters. The van der Waals surface area contributed by atoms with Gasteiger partial charge in [0.05, 0.1) is 0 Å². The maximum absolute atomic E-state index is 11.8. The van der Waals surface area contributed by atoms with E-state index >= 15 is 0 Å². The summed E-state index contributed by atoms with van der Waals surface area (Å²) in [5.41, 5.74) is -0.143. The van der Waals surface area contributed by atoms with Gasteiger partial charge in [0.2, 0.25) is 0 Å². The van der Waals surface area contributed by atoms with Gasteiger partial charge in [-0.2, -0.15) is 0 Å². The van der Waals surface area contributed by atoms with E-state index in [1.807, 2.05) is 13.8 Å². The maximum atomic E-state index is 11.8. The van der Waals surface area contributed by atoms with Gasteiger partial charge in [-0.25, -0.2) is 9.59 Å². The van der Waals surface area contributed by atoms with Crippen LogP contribution >= 0.6 is 0 Å². The smallest absolute Gasteiger partial charge is 0.332 e. The van der Waals surface area contributed by atoms with Crippen molar-refractivity contribution < 1.29 is 19.8 Å². The summed E-state index contributed by atoms with van der Waals surface area (Å²) >= 11 is 0. The lowest BCUT2D eigenvalue weighted by Gasteiger charge is -2.31. The molecule has 0 bridgehead atoms. The second kappa shape index (κ2) is 5.35. The highest BCUT2D eigenvalue weighted by atomic mass is 16.4. The average Bonchev–Trinajstić information content (AvgIpc) is 2.57. The van der Waals surface area contributed by atoms with Crippen molar-refractivity contribution >= 4 is 12.0 Å². The van der Waals surface area contributed by atoms with Gasteiger partial charge in [-0.3, -0.25) is 0 Å². The van der Waals surface area contributed by atoms with Crippen LogP contribution in [0.3, 0.4) is 0 Å². The van der Waals surface area contributed by atoms with E-state index in [4.69, 9.17) is 10.2 Å². The number of hydrogen-bond donors (Lipinski definition) is 3. The molecule has 0 aromatic rings. The van der Waals surface area contributed by atoms with E-state index < -0.39 is 12.1 Å². The Morgan fingerprint density at radius 3 is 2.59 bits per heavy atom. The zero-order valence-electron chi connectivity index (χ0n) is 10.3. The van der Waals surface area contributed by atoms with Gasteiger partial charge in [-0.1, -0.05) is 0 Å². The number of carbonyl (C=O) groups excluding carboxylic acids is 1. The zero-order chi connectivity index (χ0) is 13.1. The molecule has 1 heterocycles. The van der Waals surface area contributed by atoms with Crippen LogP contribution in [0.4, 0.5) is 4.79 Å². The summed E-state index contributed by atoms with van der Waals surface area (Å²) in [5, 5.41) is 20.1. The lowest BCUT2D eigenvalue weighted by molar-refractivity contribution is -0.146. The molecule has 6 heteroatoms. The number of carboxylic acids is 1. The number of nitrogens with one attached hydrogen (secondary N) is 1. The SMILES string of the molecule is CC1(C)CCCN1C(=O)NCC[C@H](O)C(=O)O. The van der Waals surface area contributed by atoms with Crippen molar-refractivity contribution in [2.24, 2.45) is 0 Å². The molecule has 1 aliphatic rings. The Morgan fingerprint density at radius 2 is 2.12 bits per heavy atom. The number of carbonyl (C=O) groups is 2. The number of hydrogen-bond acceptors (Lipinski definition) is 3. The van der Waals surface area contributed by atoms with E-state index in [0.29, 0.717) is 0 Å². The van der Waals surface area contributed by atoms with Crippen molar-refractivity contribution in [1.29, 1.82) is 0 Å². The minimum absolute atomic E-state index is 0.0232. The van der Waals surface area contributed by atoms with Gasteiger partial charge >= 0.3 is 12.0 Å². The Balaban J connectivity index is 2.33. The number of amides is 2. The third-order valence-corrected chi connectivity index (χ3v) is 3.13. The van der Waals surface area contributed by atoms with Crippen molar-refractivity contribution in [1.82, 2.24) is 10.2 Å². The first-order valence-corrected chi connectivity index (χ1v) is 5.81. The molecule has 0 radical (unpaired) electrons. The predicted molar refractivity (Wildman–Crippen MR) is 61.7 cm³/mol. The predicted octanol–water partition coefficient (Wildman–Crippen LogP) is 0.406. The highest BCUT2D eigenvalue weighted by Gasteiger charge is 2.35. The first kappa shape index (κ1) is 13.8. The van der Waals surface area contributed by atoms with Crippen LogP contribution in [-0.2, 0) is 4.79 Å². The Labute approximate surface area is 101 Å². The van der Waals surface area contributed by atoms with E-state index in [9.17, 15) is 9.59 Å². The van der Waals surface area contributed by atoms with Crippen LogP contribution in [0.5, 0.6) is 0 Å². The third-order valence-electron chi connectivity index (χ3n) is 3.13. The Morgan fingerprint density at radius 1 is 1.47 bits per heavy atom. The number of nitrogens with zero attached hydrogens (tertiary/aromatic N) is 1. The van der Waals surface area contributed by atoms with Gasteiger partial charge in [0.25, 0.3) is 0 Å². The Bertz CT molecular complexity index is 304. The zero-order valence-corrected chi connectivity index (χ0v) is 10.3. The summed E-state index contributed by atoms with van der Waals surface area (Å²) in [7, 11) is 0. The summed E-state index contributed by atoms with van der Waals surface area (Å²) in [6.07, 6.45) is 0.563. The number of aliphatic hydroxyl groups excluding tert-OH is 1. The summed E-state index contributed by atoms with van der Waals surface area (Å²) in [6, 6.07) is -0.190. The monoisotopic (exact) mass is 244 g/mol. The number of aliphatic carboxylic acids is 1. The van der Waals surface area contributed by atoms with Gasteiger partial charge in [0, 0.05) is 25.0 Å². The topological polar surface area (TPSA) is 89.9 Å². The van der Waals surface area contributed by atoms with E-state index in [0.717, 1.165) is 19.4 Å². The van der Waals surface area contributed by atoms with E-state index in [-0.39, 0.29) is 24.5 Å². The van der Waals surface area contributed by atoms with Crippen LogP contribution in [0.2, 0.25) is 0 Å². The number of likely N-dealkylation sites (tertiary alicyclic amines) is 1. The van der Waals surface area contributed by atoms with Gasteiger partial charge < -0.3 is 20.4 Å². The summed E-state index contributed by atoms with van der Waals surface area (Å²) in [5.74, 6) is -1.26. The van der Waals surface area contributed by atoms with Crippen LogP contribution < -0.4 is 5.32 Å². The fourth-order valence-corrected chi connectivity index (χ4v) is 2.02. The van der Waals surface area contributed by atoms with Crippen molar-refractivity contribution in [3.05, 3.63) is 0 Å². The minimum atomic E-state index is -1.41. The van der Waals surface area contributed by atoms with Crippen molar-refractivity contribution in [2.45, 2.75) is 44.8 Å². The molecule has 98 valence electrons. The van der Waals surface area contributed by atoms with Crippen LogP contribution in [0.25, 0.3) is 0 Å². The first-order chi connectivity index (χ1) is 7.84. The Kier molecular flexibility index (Phi) is 4.34. The fraction of sp³-hybridized carbons (Fsp3) is 0.818. The molecule has 3 N–H and O–H groups in total.